The van der Waals surface area contributed by atoms with Gasteiger partial charge in [0.05, 0.1) is 0 Å². The molecule has 6 nitrogen and oxygen atoms in total. The van der Waals surface area contributed by atoms with Gasteiger partial charge in [0.25, 0.3) is 8.32 Å². The van der Waals surface area contributed by atoms with Crippen molar-refractivity contribution in [1.82, 2.24) is 0 Å². The lowest BCUT2D eigenvalue weighted by Crippen LogP contribution is -2.71. The minimum absolute atomic E-state index is 0.0771. The number of rotatable bonds is 8. The highest BCUT2D eigenvalue weighted by molar-refractivity contribution is 7.99. The molecule has 0 unspecified atom stereocenters. The molecule has 0 bridgehead atoms. The number of benzene rings is 3. The van der Waals surface area contributed by atoms with E-state index >= 15 is 0 Å². The minimum atomic E-state index is -2.97. The van der Waals surface area contributed by atoms with E-state index in [1.807, 2.05) is 44.2 Å². The van der Waals surface area contributed by atoms with Gasteiger partial charge in [-0.15, -0.1) is 0 Å². The summed E-state index contributed by atoms with van der Waals surface area (Å²) in [6.07, 6.45) is -1.90. The van der Waals surface area contributed by atoms with Crippen molar-refractivity contribution in [1.29, 1.82) is 0 Å². The molecule has 3 aromatic rings. The second-order valence-corrected chi connectivity index (χ2v) is 17.5. The van der Waals surface area contributed by atoms with E-state index in [1.165, 1.54) is 17.3 Å². The Labute approximate surface area is 248 Å². The van der Waals surface area contributed by atoms with Crippen LogP contribution in [0.4, 0.5) is 0 Å². The number of hydrogen-bond acceptors (Lipinski definition) is 7. The van der Waals surface area contributed by atoms with Crippen LogP contribution in [0.1, 0.15) is 41.5 Å². The molecule has 2 heterocycles. The van der Waals surface area contributed by atoms with Gasteiger partial charge in [-0.3, -0.25) is 4.79 Å². The van der Waals surface area contributed by atoms with Crippen molar-refractivity contribution in [3.63, 3.8) is 0 Å². The van der Waals surface area contributed by atoms with Gasteiger partial charge < -0.3 is 23.4 Å². The fraction of sp³-hybridized carbons (Fsp3) is 0.424. The fourth-order valence-corrected chi connectivity index (χ4v) is 11.8. The number of hydrogen-bond donors (Lipinski definition) is 0. The minimum Gasteiger partial charge on any atom is -0.463 e. The summed E-state index contributed by atoms with van der Waals surface area (Å²) < 4.78 is 32.9. The molecule has 3 aromatic carbocycles. The van der Waals surface area contributed by atoms with E-state index in [-0.39, 0.29) is 17.6 Å². The highest BCUT2D eigenvalue weighted by Gasteiger charge is 2.60. The molecule has 2 aliphatic rings. The van der Waals surface area contributed by atoms with Gasteiger partial charge in [-0.25, -0.2) is 0 Å². The number of fused-ring (bicyclic) bond motifs is 1. The fourth-order valence-electron chi connectivity index (χ4n) is 5.92. The van der Waals surface area contributed by atoms with Crippen LogP contribution in [0.2, 0.25) is 5.04 Å². The first-order valence-corrected chi connectivity index (χ1v) is 16.9. The smallest absolute Gasteiger partial charge is 0.302 e. The predicted octanol–water partition coefficient (Wildman–Crippen LogP) is 5.53. The van der Waals surface area contributed by atoms with Gasteiger partial charge in [0.1, 0.15) is 36.5 Å². The summed E-state index contributed by atoms with van der Waals surface area (Å²) in [5.41, 5.74) is -0.446. The van der Waals surface area contributed by atoms with Gasteiger partial charge >= 0.3 is 5.97 Å². The van der Waals surface area contributed by atoms with Crippen LogP contribution in [0, 0.1) is 0 Å². The Kier molecular flexibility index (Phi) is 8.81. The first kappa shape index (κ1) is 30.0. The first-order chi connectivity index (χ1) is 19.5. The van der Waals surface area contributed by atoms with Crippen molar-refractivity contribution in [2.75, 3.05) is 6.61 Å². The lowest BCUT2D eigenvalue weighted by molar-refractivity contribution is -0.177. The Morgan fingerprint density at radius 3 is 1.88 bits per heavy atom. The highest BCUT2D eigenvalue weighted by atomic mass is 32.2. The van der Waals surface area contributed by atoms with E-state index in [9.17, 15) is 4.79 Å². The highest BCUT2D eigenvalue weighted by Crippen LogP contribution is 2.46. The number of carbonyl (C=O) groups is 1. The molecule has 5 rings (SSSR count). The molecule has 5 atom stereocenters. The standard InChI is InChI=1S/C33H40O6SSi/c1-23(34)35-22-27-28-29(38-33(5,6)37-28)30(31(36-27)40-24-16-10-7-11-17-24)39-41(32(2,3)4,25-18-12-8-13-19-25)26-20-14-9-15-21-26/h7-21,27-31H,22H2,1-6H3/t27-,28+,29+,30-,31+/m1/s1. The maximum absolute atomic E-state index is 11.8. The third-order valence-electron chi connectivity index (χ3n) is 7.61. The summed E-state index contributed by atoms with van der Waals surface area (Å²) >= 11 is 1.60. The third-order valence-corrected chi connectivity index (χ3v) is 13.8. The molecule has 0 N–H and O–H groups in total. The maximum Gasteiger partial charge on any atom is 0.302 e. The third kappa shape index (κ3) is 6.33. The average molecular weight is 593 g/mol. The van der Waals surface area contributed by atoms with Gasteiger partial charge in [0.2, 0.25) is 0 Å². The van der Waals surface area contributed by atoms with Crippen molar-refractivity contribution in [2.24, 2.45) is 0 Å². The lowest BCUT2D eigenvalue weighted by atomic mass is 10.0. The van der Waals surface area contributed by atoms with Crippen LogP contribution in [0.5, 0.6) is 0 Å². The molecule has 2 aliphatic heterocycles. The van der Waals surface area contributed by atoms with E-state index < -0.39 is 44.0 Å². The average Bonchev–Trinajstić information content (AvgIpc) is 3.27. The van der Waals surface area contributed by atoms with E-state index in [4.69, 9.17) is 23.4 Å². The van der Waals surface area contributed by atoms with Crippen molar-refractivity contribution in [3.8, 4) is 0 Å². The molecular weight excluding hydrogens is 553 g/mol. The van der Waals surface area contributed by atoms with Gasteiger partial charge in [-0.05, 0) is 41.4 Å². The number of carbonyl (C=O) groups excluding carboxylic acids is 1. The normalized spacial score (nSPS) is 25.9. The van der Waals surface area contributed by atoms with Crippen LogP contribution in [0.25, 0.3) is 0 Å². The summed E-state index contributed by atoms with van der Waals surface area (Å²) in [7, 11) is -2.97. The molecule has 0 radical (unpaired) electrons. The molecule has 0 spiro atoms. The van der Waals surface area contributed by atoms with Crippen LogP contribution in [0.3, 0.4) is 0 Å². The van der Waals surface area contributed by atoms with Crippen LogP contribution in [0.15, 0.2) is 95.9 Å². The molecule has 41 heavy (non-hydrogen) atoms. The van der Waals surface area contributed by atoms with Gasteiger partial charge in [0.15, 0.2) is 5.79 Å². The SMILES string of the molecule is CC(=O)OC[C@H]1O[C@@H](Sc2ccccc2)[C@H](O[Si](c2ccccc2)(c2ccccc2)C(C)(C)C)[C@H]2OC(C)(C)O[C@H]21. The van der Waals surface area contributed by atoms with Crippen LogP contribution in [-0.4, -0.2) is 56.5 Å². The van der Waals surface area contributed by atoms with Gasteiger partial charge in [0, 0.05) is 11.8 Å². The van der Waals surface area contributed by atoms with E-state index in [0.29, 0.717) is 0 Å². The second-order valence-electron chi connectivity index (χ2n) is 12.1. The van der Waals surface area contributed by atoms with Gasteiger partial charge in [-0.1, -0.05) is 111 Å². The lowest BCUT2D eigenvalue weighted by Gasteiger charge is -2.50. The topological polar surface area (TPSA) is 63.2 Å². The zero-order valence-electron chi connectivity index (χ0n) is 24.6. The molecule has 0 saturated carbocycles. The second kappa shape index (κ2) is 12.0. The maximum atomic E-state index is 11.8. The molecule has 2 saturated heterocycles. The quantitative estimate of drug-likeness (QED) is 0.252. The zero-order chi connectivity index (χ0) is 29.3. The van der Waals surface area contributed by atoms with E-state index in [2.05, 4.69) is 81.4 Å². The van der Waals surface area contributed by atoms with E-state index in [0.717, 1.165) is 4.90 Å². The summed E-state index contributed by atoms with van der Waals surface area (Å²) in [4.78, 5) is 12.8. The molecule has 8 heteroatoms. The number of esters is 1. The summed E-state index contributed by atoms with van der Waals surface area (Å²) in [6.45, 7) is 12.1. The van der Waals surface area contributed by atoms with Crippen LogP contribution < -0.4 is 10.4 Å². The molecule has 218 valence electrons. The monoisotopic (exact) mass is 592 g/mol. The molecule has 0 amide bonds. The molecule has 2 fully saturated rings. The molecular formula is C33H40O6SSi. The number of ether oxygens (including phenoxy) is 4. The van der Waals surface area contributed by atoms with Crippen molar-refractivity contribution in [2.45, 2.75) is 87.1 Å². The Bertz CT molecular complexity index is 1260. The Balaban J connectivity index is 1.64. The van der Waals surface area contributed by atoms with Crippen molar-refractivity contribution < 1.29 is 28.2 Å². The summed E-state index contributed by atoms with van der Waals surface area (Å²) in [5.74, 6) is -1.21. The largest absolute Gasteiger partial charge is 0.463 e. The zero-order valence-corrected chi connectivity index (χ0v) is 26.4. The van der Waals surface area contributed by atoms with Crippen molar-refractivity contribution in [3.05, 3.63) is 91.0 Å². The van der Waals surface area contributed by atoms with Gasteiger partial charge in [-0.2, -0.15) is 0 Å². The van der Waals surface area contributed by atoms with Crippen LogP contribution >= 0.6 is 11.8 Å². The van der Waals surface area contributed by atoms with Crippen molar-refractivity contribution >= 4 is 36.4 Å². The predicted molar refractivity (Wildman–Crippen MR) is 164 cm³/mol. The van der Waals surface area contributed by atoms with Crippen LogP contribution in [-0.2, 0) is 28.2 Å². The molecule has 0 aromatic heterocycles. The molecule has 0 aliphatic carbocycles. The Hall–Kier alpha value is -2.46. The Morgan fingerprint density at radius 2 is 1.37 bits per heavy atom. The first-order valence-electron chi connectivity index (χ1n) is 14.2. The van der Waals surface area contributed by atoms with E-state index in [1.54, 1.807) is 11.8 Å². The summed E-state index contributed by atoms with van der Waals surface area (Å²) in [5, 5.41) is 2.12. The number of thioether (sulfide) groups is 1. The summed E-state index contributed by atoms with van der Waals surface area (Å²) in [6, 6.07) is 31.3. The Morgan fingerprint density at radius 1 is 0.854 bits per heavy atom.